The van der Waals surface area contributed by atoms with E-state index in [-0.39, 0.29) is 17.0 Å². The molecule has 0 amide bonds. The lowest BCUT2D eigenvalue weighted by atomic mass is 9.76. The molecule has 0 aliphatic heterocycles. The molecule has 11 heavy (non-hydrogen) atoms. The molecular formula is C9H18N2. The van der Waals surface area contributed by atoms with Gasteiger partial charge in [0.2, 0.25) is 0 Å². The number of fused-ring (bicyclic) bond motifs is 2. The maximum atomic E-state index is 6.30. The van der Waals surface area contributed by atoms with Crippen molar-refractivity contribution in [3.63, 3.8) is 0 Å². The Balaban J connectivity index is 2.40. The quantitative estimate of drug-likeness (QED) is 0.543. The third-order valence-corrected chi connectivity index (χ3v) is 4.33. The molecule has 3 atom stereocenters. The molecule has 0 aromatic heterocycles. The largest absolute Gasteiger partial charge is 0.326 e. The lowest BCUT2D eigenvalue weighted by Crippen LogP contribution is -2.57. The minimum absolute atomic E-state index is 0.0579. The van der Waals surface area contributed by atoms with Crippen molar-refractivity contribution in [1.82, 2.24) is 0 Å². The first kappa shape index (κ1) is 7.56. The van der Waals surface area contributed by atoms with E-state index in [4.69, 9.17) is 11.5 Å². The fourth-order valence-corrected chi connectivity index (χ4v) is 3.07. The molecule has 4 N–H and O–H groups in total. The Morgan fingerprint density at radius 2 is 2.00 bits per heavy atom. The average molecular weight is 154 g/mol. The summed E-state index contributed by atoms with van der Waals surface area (Å²) >= 11 is 0. The highest BCUT2D eigenvalue weighted by Crippen LogP contribution is 2.58. The van der Waals surface area contributed by atoms with Gasteiger partial charge in [0.05, 0.1) is 0 Å². The standard InChI is InChI=1S/C9H18N2/c1-8(2)6-3-4-9(8,11)7(10)5-6/h6-7H,3-5,10-11H2,1-2H3/t6-,7+,9+/m0/s1. The molecule has 0 unspecified atom stereocenters. The van der Waals surface area contributed by atoms with Gasteiger partial charge in [0, 0.05) is 11.6 Å². The summed E-state index contributed by atoms with van der Waals surface area (Å²) in [5.41, 5.74) is 12.5. The highest BCUT2D eigenvalue weighted by molar-refractivity contribution is 5.18. The lowest BCUT2D eigenvalue weighted by Gasteiger charge is -2.37. The summed E-state index contributed by atoms with van der Waals surface area (Å²) in [6.45, 7) is 4.55. The second-order valence-corrected chi connectivity index (χ2v) is 4.84. The molecule has 2 heteroatoms. The van der Waals surface area contributed by atoms with Gasteiger partial charge in [-0.25, -0.2) is 0 Å². The van der Waals surface area contributed by atoms with Crippen molar-refractivity contribution in [1.29, 1.82) is 0 Å². The van der Waals surface area contributed by atoms with Crippen LogP contribution in [0.2, 0.25) is 0 Å². The van der Waals surface area contributed by atoms with Crippen molar-refractivity contribution >= 4 is 0 Å². The third-order valence-electron chi connectivity index (χ3n) is 4.33. The van der Waals surface area contributed by atoms with E-state index in [2.05, 4.69) is 13.8 Å². The minimum Gasteiger partial charge on any atom is -0.326 e. The number of rotatable bonds is 0. The summed E-state index contributed by atoms with van der Waals surface area (Å²) in [6, 6.07) is 0.247. The van der Waals surface area contributed by atoms with Crippen LogP contribution in [0.1, 0.15) is 33.1 Å². The molecule has 2 saturated carbocycles. The van der Waals surface area contributed by atoms with Crippen LogP contribution in [0.4, 0.5) is 0 Å². The molecule has 2 nitrogen and oxygen atoms in total. The number of hydrogen-bond acceptors (Lipinski definition) is 2. The van der Waals surface area contributed by atoms with Gasteiger partial charge in [-0.3, -0.25) is 0 Å². The maximum absolute atomic E-state index is 6.30. The van der Waals surface area contributed by atoms with Crippen molar-refractivity contribution in [3.05, 3.63) is 0 Å². The van der Waals surface area contributed by atoms with Crippen LogP contribution in [0.3, 0.4) is 0 Å². The highest BCUT2D eigenvalue weighted by atomic mass is 14.9. The molecule has 64 valence electrons. The molecule has 2 aliphatic carbocycles. The molecule has 0 aromatic rings. The zero-order chi connectivity index (χ0) is 8.28. The second kappa shape index (κ2) is 1.80. The van der Waals surface area contributed by atoms with E-state index in [1.807, 2.05) is 0 Å². The van der Waals surface area contributed by atoms with Gasteiger partial charge < -0.3 is 11.5 Å². The van der Waals surface area contributed by atoms with Crippen LogP contribution in [0.25, 0.3) is 0 Å². The van der Waals surface area contributed by atoms with Gasteiger partial charge in [-0.1, -0.05) is 13.8 Å². The molecule has 2 aliphatic rings. The van der Waals surface area contributed by atoms with Crippen molar-refractivity contribution in [3.8, 4) is 0 Å². The molecular weight excluding hydrogens is 136 g/mol. The molecule has 0 radical (unpaired) electrons. The van der Waals surface area contributed by atoms with E-state index in [1.54, 1.807) is 0 Å². The molecule has 0 heterocycles. The molecule has 0 spiro atoms. The minimum atomic E-state index is -0.0579. The summed E-state index contributed by atoms with van der Waals surface area (Å²) in [5.74, 6) is 0.780. The predicted octanol–water partition coefficient (Wildman–Crippen LogP) is 0.851. The Labute approximate surface area is 68.3 Å². The monoisotopic (exact) mass is 154 g/mol. The third kappa shape index (κ3) is 0.651. The Bertz CT molecular complexity index is 188. The van der Waals surface area contributed by atoms with Crippen LogP contribution in [0.15, 0.2) is 0 Å². The molecule has 2 bridgehead atoms. The van der Waals surface area contributed by atoms with Crippen LogP contribution in [-0.2, 0) is 0 Å². The fraction of sp³-hybridized carbons (Fsp3) is 1.00. The van der Waals surface area contributed by atoms with E-state index < -0.39 is 0 Å². The second-order valence-electron chi connectivity index (χ2n) is 4.84. The normalized spacial score (nSPS) is 53.5. The maximum Gasteiger partial charge on any atom is 0.0362 e. The predicted molar refractivity (Wildman–Crippen MR) is 46.0 cm³/mol. The SMILES string of the molecule is CC1(C)[C@H]2CC[C@@]1(N)[C@H](N)C2. The van der Waals surface area contributed by atoms with E-state index in [0.29, 0.717) is 0 Å². The van der Waals surface area contributed by atoms with Gasteiger partial charge in [0.15, 0.2) is 0 Å². The van der Waals surface area contributed by atoms with E-state index in [1.165, 1.54) is 6.42 Å². The topological polar surface area (TPSA) is 52.0 Å². The zero-order valence-corrected chi connectivity index (χ0v) is 7.43. The number of hydrogen-bond donors (Lipinski definition) is 2. The van der Waals surface area contributed by atoms with E-state index in [9.17, 15) is 0 Å². The van der Waals surface area contributed by atoms with Crippen LogP contribution in [0.5, 0.6) is 0 Å². The smallest absolute Gasteiger partial charge is 0.0362 e. The fourth-order valence-electron chi connectivity index (χ4n) is 3.07. The summed E-state index contributed by atoms with van der Waals surface area (Å²) in [4.78, 5) is 0. The van der Waals surface area contributed by atoms with Crippen molar-refractivity contribution in [2.45, 2.75) is 44.7 Å². The molecule has 0 aromatic carbocycles. The van der Waals surface area contributed by atoms with Gasteiger partial charge in [-0.05, 0) is 30.6 Å². The highest BCUT2D eigenvalue weighted by Gasteiger charge is 2.60. The zero-order valence-electron chi connectivity index (χ0n) is 7.43. The Morgan fingerprint density at radius 1 is 1.36 bits per heavy atom. The van der Waals surface area contributed by atoms with Crippen LogP contribution >= 0.6 is 0 Å². The van der Waals surface area contributed by atoms with Gasteiger partial charge >= 0.3 is 0 Å². The first-order chi connectivity index (χ1) is 4.98. The summed E-state index contributed by atoms with van der Waals surface area (Å²) in [5, 5.41) is 0. The van der Waals surface area contributed by atoms with Gasteiger partial charge in [-0.2, -0.15) is 0 Å². The first-order valence-electron chi connectivity index (χ1n) is 4.53. The van der Waals surface area contributed by atoms with Crippen molar-refractivity contribution < 1.29 is 0 Å². The van der Waals surface area contributed by atoms with Crippen LogP contribution < -0.4 is 11.5 Å². The molecule has 2 rings (SSSR count). The van der Waals surface area contributed by atoms with Crippen molar-refractivity contribution in [2.24, 2.45) is 22.8 Å². The number of nitrogens with two attached hydrogens (primary N) is 2. The Hall–Kier alpha value is -0.0800. The summed E-state index contributed by atoms with van der Waals surface area (Å²) in [7, 11) is 0. The summed E-state index contributed by atoms with van der Waals surface area (Å²) in [6.07, 6.45) is 3.56. The van der Waals surface area contributed by atoms with Crippen molar-refractivity contribution in [2.75, 3.05) is 0 Å². The molecule has 0 saturated heterocycles. The van der Waals surface area contributed by atoms with Gasteiger partial charge in [0.1, 0.15) is 0 Å². The summed E-state index contributed by atoms with van der Waals surface area (Å²) < 4.78 is 0. The average Bonchev–Trinajstić information content (AvgIpc) is 2.20. The van der Waals surface area contributed by atoms with E-state index in [0.717, 1.165) is 18.8 Å². The first-order valence-corrected chi connectivity index (χ1v) is 4.53. The van der Waals surface area contributed by atoms with Gasteiger partial charge in [0.25, 0.3) is 0 Å². The van der Waals surface area contributed by atoms with Crippen LogP contribution in [0, 0.1) is 11.3 Å². The van der Waals surface area contributed by atoms with Crippen LogP contribution in [-0.4, -0.2) is 11.6 Å². The Morgan fingerprint density at radius 3 is 2.18 bits per heavy atom. The molecule has 2 fully saturated rings. The van der Waals surface area contributed by atoms with E-state index >= 15 is 0 Å². The Kier molecular flexibility index (Phi) is 1.24. The van der Waals surface area contributed by atoms with Gasteiger partial charge in [-0.15, -0.1) is 0 Å². The lowest BCUT2D eigenvalue weighted by molar-refractivity contribution is 0.209.